The highest BCUT2D eigenvalue weighted by molar-refractivity contribution is 7.89. The molecule has 158 valence electrons. The van der Waals surface area contributed by atoms with Crippen molar-refractivity contribution in [1.82, 2.24) is 18.4 Å². The number of rotatable bonds is 5. The standard InChI is InChI=1S/C21H24N4O3S2/c1-15-6-8-16(9-7-15)14-22-20(26)21(2)10-12-25(13-11-21)30(27,28)18-5-3-4-17-19(18)24-29-23-17/h3-9H,10-14H2,1-2H3,(H,22,26). The van der Waals surface area contributed by atoms with Crippen molar-refractivity contribution in [1.29, 1.82) is 0 Å². The minimum absolute atomic E-state index is 0.0362. The molecular formula is C21H24N4O3S2. The molecule has 0 unspecified atom stereocenters. The number of piperidine rings is 1. The summed E-state index contributed by atoms with van der Waals surface area (Å²) < 4.78 is 36.1. The van der Waals surface area contributed by atoms with E-state index >= 15 is 0 Å². The first-order chi connectivity index (χ1) is 14.3. The van der Waals surface area contributed by atoms with Gasteiger partial charge in [0.25, 0.3) is 0 Å². The van der Waals surface area contributed by atoms with Gasteiger partial charge in [-0.3, -0.25) is 4.79 Å². The molecule has 0 bridgehead atoms. The van der Waals surface area contributed by atoms with Crippen molar-refractivity contribution in [3.8, 4) is 0 Å². The third kappa shape index (κ3) is 3.97. The smallest absolute Gasteiger partial charge is 0.245 e. The first-order valence-corrected chi connectivity index (χ1v) is 12.0. The number of amides is 1. The Morgan fingerprint density at radius 1 is 1.13 bits per heavy atom. The maximum atomic E-state index is 13.2. The van der Waals surface area contributed by atoms with E-state index in [9.17, 15) is 13.2 Å². The highest BCUT2D eigenvalue weighted by Crippen LogP contribution is 2.34. The quantitative estimate of drug-likeness (QED) is 0.653. The Labute approximate surface area is 180 Å². The summed E-state index contributed by atoms with van der Waals surface area (Å²) in [6.07, 6.45) is 0.939. The molecule has 1 aromatic heterocycles. The second-order valence-corrected chi connectivity index (χ2v) is 10.5. The van der Waals surface area contributed by atoms with Gasteiger partial charge < -0.3 is 5.32 Å². The van der Waals surface area contributed by atoms with E-state index in [0.29, 0.717) is 43.5 Å². The van der Waals surface area contributed by atoms with Gasteiger partial charge in [0.2, 0.25) is 15.9 Å². The summed E-state index contributed by atoms with van der Waals surface area (Å²) in [6, 6.07) is 13.0. The van der Waals surface area contributed by atoms with Crippen LogP contribution in [0.15, 0.2) is 47.4 Å². The van der Waals surface area contributed by atoms with Crippen molar-refractivity contribution in [2.45, 2.75) is 38.1 Å². The predicted molar refractivity (Wildman–Crippen MR) is 117 cm³/mol. The van der Waals surface area contributed by atoms with Crippen LogP contribution in [0.25, 0.3) is 11.0 Å². The van der Waals surface area contributed by atoms with Gasteiger partial charge in [-0.1, -0.05) is 42.8 Å². The van der Waals surface area contributed by atoms with Crippen LogP contribution in [0, 0.1) is 12.3 Å². The zero-order chi connectivity index (χ0) is 21.4. The largest absolute Gasteiger partial charge is 0.352 e. The van der Waals surface area contributed by atoms with E-state index in [-0.39, 0.29) is 10.8 Å². The Hall–Kier alpha value is -2.36. The Morgan fingerprint density at radius 2 is 1.83 bits per heavy atom. The van der Waals surface area contributed by atoms with E-state index in [0.717, 1.165) is 17.3 Å². The van der Waals surface area contributed by atoms with Crippen LogP contribution in [-0.4, -0.2) is 40.5 Å². The second kappa shape index (κ2) is 8.05. The third-order valence-electron chi connectivity index (χ3n) is 5.81. The molecule has 1 N–H and O–H groups in total. The number of benzene rings is 2. The monoisotopic (exact) mass is 444 g/mol. The molecule has 1 aliphatic rings. The van der Waals surface area contributed by atoms with Crippen molar-refractivity contribution in [2.75, 3.05) is 13.1 Å². The number of hydrogen-bond acceptors (Lipinski definition) is 6. The lowest BCUT2D eigenvalue weighted by atomic mass is 9.80. The molecular weight excluding hydrogens is 420 g/mol. The number of carbonyl (C=O) groups is 1. The van der Waals surface area contributed by atoms with Crippen molar-refractivity contribution >= 4 is 38.7 Å². The maximum absolute atomic E-state index is 13.2. The third-order valence-corrected chi connectivity index (χ3v) is 8.29. The van der Waals surface area contributed by atoms with Gasteiger partial charge in [0.1, 0.15) is 15.9 Å². The fourth-order valence-corrected chi connectivity index (χ4v) is 5.87. The lowest BCUT2D eigenvalue weighted by Gasteiger charge is -2.37. The summed E-state index contributed by atoms with van der Waals surface area (Å²) in [4.78, 5) is 13.0. The number of aromatic nitrogens is 2. The zero-order valence-corrected chi connectivity index (χ0v) is 18.6. The molecule has 3 aromatic rings. The predicted octanol–water partition coefficient (Wildman–Crippen LogP) is 3.11. The van der Waals surface area contributed by atoms with Crippen LogP contribution in [0.1, 0.15) is 30.9 Å². The van der Waals surface area contributed by atoms with Crippen LogP contribution in [-0.2, 0) is 21.4 Å². The van der Waals surface area contributed by atoms with Gasteiger partial charge in [0, 0.05) is 25.0 Å². The molecule has 0 aliphatic carbocycles. The summed E-state index contributed by atoms with van der Waals surface area (Å²) in [5.41, 5.74) is 2.62. The molecule has 0 saturated carbocycles. The van der Waals surface area contributed by atoms with Crippen molar-refractivity contribution < 1.29 is 13.2 Å². The zero-order valence-electron chi connectivity index (χ0n) is 17.0. The Kier molecular flexibility index (Phi) is 5.61. The Balaban J connectivity index is 1.42. The minimum atomic E-state index is -3.69. The number of sulfonamides is 1. The molecule has 2 heterocycles. The molecule has 1 saturated heterocycles. The minimum Gasteiger partial charge on any atom is -0.352 e. The summed E-state index contributed by atoms with van der Waals surface area (Å²) in [6.45, 7) is 4.99. The molecule has 2 aromatic carbocycles. The van der Waals surface area contributed by atoms with E-state index in [1.54, 1.807) is 18.2 Å². The van der Waals surface area contributed by atoms with Crippen molar-refractivity contribution in [3.05, 3.63) is 53.6 Å². The van der Waals surface area contributed by atoms with Crippen LogP contribution in [0.5, 0.6) is 0 Å². The first kappa shape index (κ1) is 20.9. The van der Waals surface area contributed by atoms with Gasteiger partial charge in [-0.2, -0.15) is 13.1 Å². The van der Waals surface area contributed by atoms with E-state index in [1.807, 2.05) is 38.1 Å². The van der Waals surface area contributed by atoms with Gasteiger partial charge in [-0.25, -0.2) is 8.42 Å². The summed E-state index contributed by atoms with van der Waals surface area (Å²) in [7, 11) is -3.69. The molecule has 1 amide bonds. The topological polar surface area (TPSA) is 92.3 Å². The van der Waals surface area contributed by atoms with Gasteiger partial charge in [0.05, 0.1) is 11.7 Å². The summed E-state index contributed by atoms with van der Waals surface area (Å²) in [5.74, 6) is -0.0362. The molecule has 30 heavy (non-hydrogen) atoms. The normalized spacial score (nSPS) is 17.1. The van der Waals surface area contributed by atoms with E-state index in [4.69, 9.17) is 0 Å². The van der Waals surface area contributed by atoms with Gasteiger partial charge in [-0.15, -0.1) is 0 Å². The SMILES string of the molecule is Cc1ccc(CNC(=O)C2(C)CCN(S(=O)(=O)c3cccc4nsnc34)CC2)cc1. The molecule has 0 radical (unpaired) electrons. The molecule has 9 heteroatoms. The molecule has 7 nitrogen and oxygen atoms in total. The highest BCUT2D eigenvalue weighted by atomic mass is 32.2. The average molecular weight is 445 g/mol. The lowest BCUT2D eigenvalue weighted by Crippen LogP contribution is -2.48. The molecule has 0 spiro atoms. The average Bonchev–Trinajstić information content (AvgIpc) is 3.22. The fourth-order valence-electron chi connectivity index (χ4n) is 3.68. The Bertz CT molecular complexity index is 1160. The second-order valence-electron chi connectivity index (χ2n) is 8.02. The Morgan fingerprint density at radius 3 is 2.53 bits per heavy atom. The van der Waals surface area contributed by atoms with Crippen LogP contribution >= 0.6 is 11.7 Å². The highest BCUT2D eigenvalue weighted by Gasteiger charge is 2.40. The molecule has 1 fully saturated rings. The number of carbonyl (C=O) groups excluding carboxylic acids is 1. The van der Waals surface area contributed by atoms with E-state index in [1.165, 1.54) is 9.87 Å². The van der Waals surface area contributed by atoms with Crippen LogP contribution in [0.3, 0.4) is 0 Å². The maximum Gasteiger partial charge on any atom is 0.245 e. The number of fused-ring (bicyclic) bond motifs is 1. The number of nitrogens with zero attached hydrogens (tertiary/aromatic N) is 3. The first-order valence-electron chi connectivity index (χ1n) is 9.85. The van der Waals surface area contributed by atoms with Crippen molar-refractivity contribution in [2.24, 2.45) is 5.41 Å². The molecule has 0 atom stereocenters. The molecule has 4 rings (SSSR count). The van der Waals surface area contributed by atoms with Crippen molar-refractivity contribution in [3.63, 3.8) is 0 Å². The van der Waals surface area contributed by atoms with Gasteiger partial charge >= 0.3 is 0 Å². The van der Waals surface area contributed by atoms with Crippen LogP contribution < -0.4 is 5.32 Å². The number of hydrogen-bond donors (Lipinski definition) is 1. The van der Waals surface area contributed by atoms with Crippen LogP contribution in [0.2, 0.25) is 0 Å². The summed E-state index contributed by atoms with van der Waals surface area (Å²) in [5, 5.41) is 3.01. The summed E-state index contributed by atoms with van der Waals surface area (Å²) >= 11 is 1.00. The number of aryl methyl sites for hydroxylation is 1. The van der Waals surface area contributed by atoms with Gasteiger partial charge in [0.15, 0.2) is 0 Å². The molecule has 1 aliphatic heterocycles. The fraction of sp³-hybridized carbons (Fsp3) is 0.381. The lowest BCUT2D eigenvalue weighted by molar-refractivity contribution is -0.132. The van der Waals surface area contributed by atoms with E-state index < -0.39 is 15.4 Å². The van der Waals surface area contributed by atoms with E-state index in [2.05, 4.69) is 14.1 Å². The van der Waals surface area contributed by atoms with Crippen LogP contribution in [0.4, 0.5) is 0 Å². The number of nitrogens with one attached hydrogen (secondary N) is 1. The van der Waals surface area contributed by atoms with Gasteiger partial charge in [-0.05, 0) is 37.5 Å².